The van der Waals surface area contributed by atoms with Crippen molar-refractivity contribution >= 4 is 16.7 Å². The highest BCUT2D eigenvalue weighted by Crippen LogP contribution is 2.24. The predicted octanol–water partition coefficient (Wildman–Crippen LogP) is 3.38. The molecular formula is C15H17N3O. The van der Waals surface area contributed by atoms with E-state index in [9.17, 15) is 0 Å². The summed E-state index contributed by atoms with van der Waals surface area (Å²) in [5, 5.41) is 0. The Morgan fingerprint density at radius 3 is 2.84 bits per heavy atom. The number of nitrogen functional groups attached to an aromatic ring is 1. The van der Waals surface area contributed by atoms with Crippen molar-refractivity contribution in [3.05, 3.63) is 48.2 Å². The smallest absolute Gasteiger partial charge is 0.112 e. The molecule has 3 rings (SSSR count). The molecule has 0 amide bonds. The van der Waals surface area contributed by atoms with Gasteiger partial charge in [0.25, 0.3) is 0 Å². The van der Waals surface area contributed by atoms with E-state index in [-0.39, 0.29) is 0 Å². The Hall–Kier alpha value is -2.23. The van der Waals surface area contributed by atoms with Gasteiger partial charge in [0, 0.05) is 17.2 Å². The fourth-order valence-corrected chi connectivity index (χ4v) is 2.34. The predicted molar refractivity (Wildman–Crippen MR) is 76.0 cm³/mol. The van der Waals surface area contributed by atoms with E-state index in [2.05, 4.69) is 18.4 Å². The molecule has 4 nitrogen and oxygen atoms in total. The number of nitrogens with zero attached hydrogens (tertiary/aromatic N) is 2. The fraction of sp³-hybridized carbons (Fsp3) is 0.267. The molecule has 19 heavy (non-hydrogen) atoms. The topological polar surface area (TPSA) is 57.0 Å². The summed E-state index contributed by atoms with van der Waals surface area (Å²) in [6.45, 7) is 5.07. The molecule has 3 aromatic rings. The van der Waals surface area contributed by atoms with E-state index < -0.39 is 0 Å². The van der Waals surface area contributed by atoms with Gasteiger partial charge in [0.05, 0.1) is 30.1 Å². The second-order valence-electron chi connectivity index (χ2n) is 5.09. The lowest BCUT2D eigenvalue weighted by atomic mass is 10.2. The van der Waals surface area contributed by atoms with E-state index in [0.717, 1.165) is 34.7 Å². The number of furan rings is 1. The fourth-order valence-electron chi connectivity index (χ4n) is 2.34. The van der Waals surface area contributed by atoms with Crippen LogP contribution >= 0.6 is 0 Å². The first kappa shape index (κ1) is 11.8. The van der Waals surface area contributed by atoms with Gasteiger partial charge < -0.3 is 14.7 Å². The molecule has 0 aliphatic carbocycles. The van der Waals surface area contributed by atoms with Crippen LogP contribution in [0.15, 0.2) is 41.2 Å². The number of imidazole rings is 1. The zero-order valence-electron chi connectivity index (χ0n) is 11.1. The minimum Gasteiger partial charge on any atom is -0.472 e. The standard InChI is InChI=1S/C15H17N3O/c1-10(2)15-17-13-7-12(16)3-4-14(13)18(15)8-11-5-6-19-9-11/h3-7,9-10H,8,16H2,1-2H3. The normalized spacial score (nSPS) is 11.5. The van der Waals surface area contributed by atoms with Crippen LogP contribution < -0.4 is 5.73 Å². The zero-order chi connectivity index (χ0) is 13.4. The Labute approximate surface area is 111 Å². The number of fused-ring (bicyclic) bond motifs is 1. The Bertz CT molecular complexity index is 696. The molecular weight excluding hydrogens is 238 g/mol. The summed E-state index contributed by atoms with van der Waals surface area (Å²) >= 11 is 0. The lowest BCUT2D eigenvalue weighted by molar-refractivity contribution is 0.561. The molecule has 0 saturated heterocycles. The first-order chi connectivity index (χ1) is 9.15. The second-order valence-corrected chi connectivity index (χ2v) is 5.09. The molecule has 0 saturated carbocycles. The summed E-state index contributed by atoms with van der Waals surface area (Å²) in [5.41, 5.74) is 9.78. The van der Waals surface area contributed by atoms with Crippen LogP contribution in [0.2, 0.25) is 0 Å². The summed E-state index contributed by atoms with van der Waals surface area (Å²) in [5.74, 6) is 1.43. The zero-order valence-corrected chi connectivity index (χ0v) is 11.1. The van der Waals surface area contributed by atoms with Crippen molar-refractivity contribution in [3.63, 3.8) is 0 Å². The highest BCUT2D eigenvalue weighted by atomic mass is 16.3. The average Bonchev–Trinajstić information content (AvgIpc) is 2.97. The van der Waals surface area contributed by atoms with E-state index in [1.54, 1.807) is 12.5 Å². The molecule has 0 radical (unpaired) electrons. The lowest BCUT2D eigenvalue weighted by Crippen LogP contribution is -2.06. The number of aromatic nitrogens is 2. The third-order valence-corrected chi connectivity index (χ3v) is 3.24. The molecule has 0 aliphatic heterocycles. The van der Waals surface area contributed by atoms with Gasteiger partial charge in [0.15, 0.2) is 0 Å². The van der Waals surface area contributed by atoms with Crippen molar-refractivity contribution in [2.45, 2.75) is 26.3 Å². The van der Waals surface area contributed by atoms with Crippen LogP contribution in [0.25, 0.3) is 11.0 Å². The van der Waals surface area contributed by atoms with Crippen molar-refractivity contribution in [1.82, 2.24) is 9.55 Å². The van der Waals surface area contributed by atoms with Crippen LogP contribution in [0.5, 0.6) is 0 Å². The third-order valence-electron chi connectivity index (χ3n) is 3.24. The Balaban J connectivity index is 2.16. The van der Waals surface area contributed by atoms with E-state index in [4.69, 9.17) is 15.1 Å². The number of nitrogens with two attached hydrogens (primary N) is 1. The summed E-state index contributed by atoms with van der Waals surface area (Å²) < 4.78 is 7.37. The SMILES string of the molecule is CC(C)c1nc2cc(N)ccc2n1Cc1ccoc1. The minimum atomic E-state index is 0.362. The number of hydrogen-bond donors (Lipinski definition) is 1. The van der Waals surface area contributed by atoms with Crippen LogP contribution in [0.4, 0.5) is 5.69 Å². The monoisotopic (exact) mass is 255 g/mol. The molecule has 2 N–H and O–H groups in total. The third kappa shape index (κ3) is 2.10. The van der Waals surface area contributed by atoms with Gasteiger partial charge in [0.1, 0.15) is 5.82 Å². The number of hydrogen-bond acceptors (Lipinski definition) is 3. The summed E-state index contributed by atoms with van der Waals surface area (Å²) in [6, 6.07) is 7.85. The summed E-state index contributed by atoms with van der Waals surface area (Å²) in [7, 11) is 0. The summed E-state index contributed by atoms with van der Waals surface area (Å²) in [4.78, 5) is 4.71. The molecule has 0 atom stereocenters. The maximum absolute atomic E-state index is 5.83. The maximum atomic E-state index is 5.83. The van der Waals surface area contributed by atoms with Gasteiger partial charge in [-0.15, -0.1) is 0 Å². The molecule has 0 unspecified atom stereocenters. The van der Waals surface area contributed by atoms with Crippen molar-refractivity contribution in [3.8, 4) is 0 Å². The van der Waals surface area contributed by atoms with Crippen LogP contribution in [0.3, 0.4) is 0 Å². The molecule has 0 fully saturated rings. The van der Waals surface area contributed by atoms with E-state index in [0.29, 0.717) is 5.92 Å². The molecule has 2 heterocycles. The van der Waals surface area contributed by atoms with Gasteiger partial charge in [-0.05, 0) is 24.3 Å². The average molecular weight is 255 g/mol. The first-order valence-electron chi connectivity index (χ1n) is 6.42. The van der Waals surface area contributed by atoms with Gasteiger partial charge >= 0.3 is 0 Å². The van der Waals surface area contributed by atoms with Crippen LogP contribution in [0, 0.1) is 0 Å². The molecule has 2 aromatic heterocycles. The van der Waals surface area contributed by atoms with Crippen molar-refractivity contribution < 1.29 is 4.42 Å². The lowest BCUT2D eigenvalue weighted by Gasteiger charge is -2.10. The van der Waals surface area contributed by atoms with Crippen LogP contribution in [0.1, 0.15) is 31.2 Å². The second kappa shape index (κ2) is 4.46. The molecule has 1 aromatic carbocycles. The number of anilines is 1. The van der Waals surface area contributed by atoms with E-state index in [1.165, 1.54) is 0 Å². The van der Waals surface area contributed by atoms with E-state index in [1.807, 2.05) is 24.3 Å². The van der Waals surface area contributed by atoms with Crippen molar-refractivity contribution in [1.29, 1.82) is 0 Å². The molecule has 0 bridgehead atoms. The van der Waals surface area contributed by atoms with Gasteiger partial charge in [-0.1, -0.05) is 13.8 Å². The first-order valence-corrected chi connectivity index (χ1v) is 6.42. The van der Waals surface area contributed by atoms with Gasteiger partial charge in [0.2, 0.25) is 0 Å². The highest BCUT2D eigenvalue weighted by Gasteiger charge is 2.14. The van der Waals surface area contributed by atoms with Crippen LogP contribution in [-0.4, -0.2) is 9.55 Å². The van der Waals surface area contributed by atoms with Gasteiger partial charge in [-0.3, -0.25) is 0 Å². The van der Waals surface area contributed by atoms with Gasteiger partial charge in [-0.2, -0.15) is 0 Å². The van der Waals surface area contributed by atoms with Crippen molar-refractivity contribution in [2.75, 3.05) is 5.73 Å². The highest BCUT2D eigenvalue weighted by molar-refractivity contribution is 5.79. The Kier molecular flexibility index (Phi) is 2.78. The van der Waals surface area contributed by atoms with Crippen LogP contribution in [-0.2, 0) is 6.54 Å². The molecule has 0 aliphatic rings. The minimum absolute atomic E-state index is 0.362. The molecule has 98 valence electrons. The maximum Gasteiger partial charge on any atom is 0.112 e. The van der Waals surface area contributed by atoms with Crippen molar-refractivity contribution in [2.24, 2.45) is 0 Å². The van der Waals surface area contributed by atoms with Gasteiger partial charge in [-0.25, -0.2) is 4.98 Å². The largest absolute Gasteiger partial charge is 0.472 e. The summed E-state index contributed by atoms with van der Waals surface area (Å²) in [6.07, 6.45) is 3.47. The number of benzene rings is 1. The Morgan fingerprint density at radius 2 is 2.16 bits per heavy atom. The Morgan fingerprint density at radius 1 is 1.32 bits per heavy atom. The quantitative estimate of drug-likeness (QED) is 0.730. The molecule has 0 spiro atoms. The van der Waals surface area contributed by atoms with E-state index >= 15 is 0 Å². The molecule has 4 heteroatoms. The number of rotatable bonds is 3.